The summed E-state index contributed by atoms with van der Waals surface area (Å²) in [5, 5.41) is 9.02. The molecular formula is C37H56O3S2. The molecule has 5 heteroatoms. The minimum Gasteiger partial charge on any atom is -0.481 e. The van der Waals surface area contributed by atoms with Crippen LogP contribution >= 0.6 is 23.5 Å². The Morgan fingerprint density at radius 2 is 1.00 bits per heavy atom. The van der Waals surface area contributed by atoms with Crippen LogP contribution in [0.1, 0.15) is 144 Å². The van der Waals surface area contributed by atoms with Gasteiger partial charge in [-0.1, -0.05) is 89.2 Å². The summed E-state index contributed by atoms with van der Waals surface area (Å²) in [6, 6.07) is 11.7. The third kappa shape index (κ3) is 10.8. The molecule has 0 aliphatic heterocycles. The molecule has 42 heavy (non-hydrogen) atoms. The van der Waals surface area contributed by atoms with Gasteiger partial charge >= 0.3 is 5.97 Å². The van der Waals surface area contributed by atoms with Crippen LogP contribution in [-0.4, -0.2) is 20.9 Å². The van der Waals surface area contributed by atoms with Gasteiger partial charge in [-0.15, -0.1) is 23.5 Å². The van der Waals surface area contributed by atoms with Gasteiger partial charge in [0, 0.05) is 29.1 Å². The van der Waals surface area contributed by atoms with Crippen molar-refractivity contribution in [2.24, 2.45) is 0 Å². The van der Waals surface area contributed by atoms with E-state index in [0.29, 0.717) is 19.3 Å². The van der Waals surface area contributed by atoms with Gasteiger partial charge in [0.2, 0.25) is 0 Å². The molecule has 0 spiro atoms. The molecule has 2 aromatic rings. The van der Waals surface area contributed by atoms with E-state index in [2.05, 4.69) is 127 Å². The molecule has 3 nitrogen and oxygen atoms in total. The summed E-state index contributed by atoms with van der Waals surface area (Å²) >= 11 is 3.80. The molecule has 0 aliphatic carbocycles. The van der Waals surface area contributed by atoms with Crippen molar-refractivity contribution >= 4 is 35.3 Å². The molecule has 2 rings (SSSR count). The fraction of sp³-hybridized carbons (Fsp3) is 0.622. The highest BCUT2D eigenvalue weighted by molar-refractivity contribution is 8.18. The van der Waals surface area contributed by atoms with Crippen molar-refractivity contribution in [1.29, 1.82) is 0 Å². The maximum absolute atomic E-state index is 13.1. The van der Waals surface area contributed by atoms with Crippen molar-refractivity contribution in [1.82, 2.24) is 0 Å². The molecule has 234 valence electrons. The zero-order valence-electron chi connectivity index (χ0n) is 28.8. The first-order valence-electron chi connectivity index (χ1n) is 15.2. The van der Waals surface area contributed by atoms with Gasteiger partial charge in [0.1, 0.15) is 5.78 Å². The highest BCUT2D eigenvalue weighted by Gasteiger charge is 2.30. The minimum absolute atomic E-state index is 0.0300. The van der Waals surface area contributed by atoms with Crippen LogP contribution in [0.4, 0.5) is 0 Å². The smallest absolute Gasteiger partial charge is 0.303 e. The van der Waals surface area contributed by atoms with Crippen LogP contribution in [0.2, 0.25) is 0 Å². The maximum atomic E-state index is 13.1. The Hall–Kier alpha value is -1.72. The van der Waals surface area contributed by atoms with Gasteiger partial charge in [0.15, 0.2) is 0 Å². The summed E-state index contributed by atoms with van der Waals surface area (Å²) in [5.41, 5.74) is 6.08. The number of carbonyl (C=O) groups excluding carboxylic acids is 1. The molecule has 1 N–H and O–H groups in total. The highest BCUT2D eigenvalue weighted by Crippen LogP contribution is 2.48. The van der Waals surface area contributed by atoms with Crippen molar-refractivity contribution < 1.29 is 14.7 Å². The molecular weight excluding hydrogens is 557 g/mol. The number of carbonyl (C=O) groups is 2. The van der Waals surface area contributed by atoms with Gasteiger partial charge in [0.25, 0.3) is 0 Å². The molecule has 0 fully saturated rings. The maximum Gasteiger partial charge on any atom is 0.303 e. The summed E-state index contributed by atoms with van der Waals surface area (Å²) in [6.07, 6.45) is 1.06. The van der Waals surface area contributed by atoms with Crippen LogP contribution in [0.25, 0.3) is 0 Å². The van der Waals surface area contributed by atoms with E-state index in [-0.39, 0.29) is 37.9 Å². The summed E-state index contributed by atoms with van der Waals surface area (Å²) in [6.45, 7) is 31.6. The summed E-state index contributed by atoms with van der Waals surface area (Å²) < 4.78 is -0.135. The molecule has 0 saturated carbocycles. The Morgan fingerprint density at radius 1 is 0.595 bits per heavy atom. The van der Waals surface area contributed by atoms with E-state index >= 15 is 0 Å². The Morgan fingerprint density at radius 3 is 1.36 bits per heavy atom. The Bertz CT molecular complexity index is 1210. The minimum atomic E-state index is -0.852. The van der Waals surface area contributed by atoms with E-state index in [1.54, 1.807) is 0 Å². The largest absolute Gasteiger partial charge is 0.481 e. The molecule has 0 saturated heterocycles. The predicted molar refractivity (Wildman–Crippen MR) is 184 cm³/mol. The van der Waals surface area contributed by atoms with Gasteiger partial charge < -0.3 is 5.11 Å². The number of hydrogen-bond acceptors (Lipinski definition) is 4. The lowest BCUT2D eigenvalue weighted by atomic mass is 9.75. The van der Waals surface area contributed by atoms with Gasteiger partial charge in [-0.25, -0.2) is 0 Å². The first-order chi connectivity index (χ1) is 18.8. The molecule has 0 atom stereocenters. The van der Waals surface area contributed by atoms with E-state index in [1.807, 2.05) is 23.5 Å². The molecule has 2 aromatic carbocycles. The average molecular weight is 613 g/mol. The standard InChI is InChI=1S/C37H56O3S2/c1-33(2,3)24-18-25(34(4,5)6)20-27(19-24)41-37(13,14)42-28-22-30(35(7,8)9)29(31(23-28)36(10,11)12)21-26(38)16-15-17-32(39)40/h18-20,22-23H,15-17,21H2,1-14H3,(H,39,40). The first-order valence-corrected chi connectivity index (χ1v) is 16.9. The SMILES string of the molecule is CC(C)(Sc1cc(C(C)(C)C)cc(C(C)(C)C)c1)Sc1cc(C(C)(C)C)c(CC(=O)CCCC(=O)O)c(C(C)(C)C)c1. The second-order valence-corrected chi connectivity index (χ2v) is 20.0. The average Bonchev–Trinajstić information content (AvgIpc) is 2.76. The first kappa shape index (κ1) is 36.5. The number of benzene rings is 2. The number of carboxylic acids is 1. The summed E-state index contributed by atoms with van der Waals surface area (Å²) in [7, 11) is 0. The second kappa shape index (κ2) is 13.1. The van der Waals surface area contributed by atoms with Crippen LogP contribution in [0.15, 0.2) is 40.1 Å². The molecule has 0 heterocycles. The van der Waals surface area contributed by atoms with E-state index in [9.17, 15) is 9.59 Å². The number of hydrogen-bond donors (Lipinski definition) is 1. The summed E-state index contributed by atoms with van der Waals surface area (Å²) in [5.74, 6) is -0.743. The molecule has 0 aromatic heterocycles. The predicted octanol–water partition coefficient (Wildman–Crippen LogP) is 10.9. The zero-order chi connectivity index (χ0) is 32.5. The van der Waals surface area contributed by atoms with Gasteiger partial charge in [0.05, 0.1) is 4.08 Å². The van der Waals surface area contributed by atoms with E-state index in [1.165, 1.54) is 32.0 Å². The van der Waals surface area contributed by atoms with Crippen LogP contribution < -0.4 is 0 Å². The van der Waals surface area contributed by atoms with E-state index in [4.69, 9.17) is 5.11 Å². The Labute approximate surface area is 265 Å². The fourth-order valence-electron chi connectivity index (χ4n) is 5.07. The molecule has 0 aliphatic rings. The normalized spacial score (nSPS) is 13.4. The van der Waals surface area contributed by atoms with Crippen LogP contribution in [0, 0.1) is 0 Å². The number of carboxylic acid groups (broad SMARTS) is 1. The second-order valence-electron chi connectivity index (χ2n) is 16.3. The van der Waals surface area contributed by atoms with Crippen molar-refractivity contribution in [3.05, 3.63) is 58.1 Å². The summed E-state index contributed by atoms with van der Waals surface area (Å²) in [4.78, 5) is 26.6. The third-order valence-corrected chi connectivity index (χ3v) is 9.85. The number of ketones is 1. The lowest BCUT2D eigenvalue weighted by Crippen LogP contribution is -2.23. The van der Waals surface area contributed by atoms with Crippen LogP contribution in [0.3, 0.4) is 0 Å². The van der Waals surface area contributed by atoms with Gasteiger partial charge in [-0.05, 0) is 94.0 Å². The number of Topliss-reactive ketones (excluding diaryl/α,β-unsaturated/α-hetero) is 1. The van der Waals surface area contributed by atoms with Crippen LogP contribution in [0.5, 0.6) is 0 Å². The zero-order valence-corrected chi connectivity index (χ0v) is 30.4. The Balaban J connectivity index is 2.54. The van der Waals surface area contributed by atoms with E-state index in [0.717, 1.165) is 5.56 Å². The van der Waals surface area contributed by atoms with Gasteiger partial charge in [-0.2, -0.15) is 0 Å². The number of aliphatic carboxylic acids is 1. The number of rotatable bonds is 10. The molecule has 0 amide bonds. The van der Waals surface area contributed by atoms with E-state index < -0.39 is 5.97 Å². The highest BCUT2D eigenvalue weighted by atomic mass is 32.2. The molecule has 0 bridgehead atoms. The fourth-order valence-corrected chi connectivity index (χ4v) is 7.67. The van der Waals surface area contributed by atoms with Crippen molar-refractivity contribution in [2.75, 3.05) is 0 Å². The quantitative estimate of drug-likeness (QED) is 0.214. The third-order valence-electron chi connectivity index (χ3n) is 7.43. The lowest BCUT2D eigenvalue weighted by molar-refractivity contribution is -0.137. The topological polar surface area (TPSA) is 54.4 Å². The number of thioether (sulfide) groups is 2. The Kier molecular flexibility index (Phi) is 11.4. The monoisotopic (exact) mass is 612 g/mol. The van der Waals surface area contributed by atoms with Crippen molar-refractivity contribution in [3.63, 3.8) is 0 Å². The lowest BCUT2D eigenvalue weighted by Gasteiger charge is -2.33. The van der Waals surface area contributed by atoms with Crippen molar-refractivity contribution in [3.8, 4) is 0 Å². The van der Waals surface area contributed by atoms with Gasteiger partial charge in [-0.3, -0.25) is 9.59 Å². The molecule has 0 radical (unpaired) electrons. The van der Waals surface area contributed by atoms with Crippen molar-refractivity contribution in [2.45, 2.75) is 158 Å². The molecule has 0 unspecified atom stereocenters. The van der Waals surface area contributed by atoms with Crippen LogP contribution in [-0.2, 0) is 37.7 Å².